The maximum atomic E-state index is 13.2. The molecule has 0 radical (unpaired) electrons. The van der Waals surface area contributed by atoms with Crippen LogP contribution in [0.25, 0.3) is 0 Å². The number of benzene rings is 2. The summed E-state index contributed by atoms with van der Waals surface area (Å²) in [5, 5.41) is 2.75. The molecule has 0 atom stereocenters. The summed E-state index contributed by atoms with van der Waals surface area (Å²) >= 11 is 0. The largest absolute Gasteiger partial charge is 0.352 e. The van der Waals surface area contributed by atoms with Gasteiger partial charge in [-0.1, -0.05) is 18.2 Å². The first-order valence-electron chi connectivity index (χ1n) is 8.60. The molecule has 7 heteroatoms. The van der Waals surface area contributed by atoms with Gasteiger partial charge in [0.15, 0.2) is 0 Å². The summed E-state index contributed by atoms with van der Waals surface area (Å²) in [6.45, 7) is 1.38. The Kier molecular flexibility index (Phi) is 5.68. The van der Waals surface area contributed by atoms with Crippen molar-refractivity contribution < 1.29 is 17.6 Å². The van der Waals surface area contributed by atoms with E-state index in [1.54, 1.807) is 24.3 Å². The zero-order chi connectivity index (χ0) is 18.6. The Morgan fingerprint density at radius 2 is 1.81 bits per heavy atom. The number of carbonyl (C=O) groups excluding carboxylic acids is 1. The van der Waals surface area contributed by atoms with Gasteiger partial charge in [-0.15, -0.1) is 0 Å². The highest BCUT2D eigenvalue weighted by Crippen LogP contribution is 2.21. The minimum absolute atomic E-state index is 0.136. The summed E-state index contributed by atoms with van der Waals surface area (Å²) in [6.07, 6.45) is 2.22. The van der Waals surface area contributed by atoms with Crippen molar-refractivity contribution in [3.05, 3.63) is 65.5 Å². The van der Waals surface area contributed by atoms with Gasteiger partial charge in [-0.3, -0.25) is 4.79 Å². The van der Waals surface area contributed by atoms with Crippen LogP contribution >= 0.6 is 0 Å². The number of nitrogens with zero attached hydrogens (tertiary/aromatic N) is 1. The van der Waals surface area contributed by atoms with E-state index >= 15 is 0 Å². The Morgan fingerprint density at radius 1 is 1.08 bits per heavy atom. The smallest absolute Gasteiger partial charge is 0.251 e. The minimum atomic E-state index is -3.55. The maximum Gasteiger partial charge on any atom is 0.251 e. The van der Waals surface area contributed by atoms with Gasteiger partial charge in [0.1, 0.15) is 5.82 Å². The molecule has 2 aromatic rings. The van der Waals surface area contributed by atoms with Gasteiger partial charge in [-0.05, 0) is 55.2 Å². The molecule has 1 saturated heterocycles. The summed E-state index contributed by atoms with van der Waals surface area (Å²) in [5.41, 5.74) is 1.08. The van der Waals surface area contributed by atoms with Gasteiger partial charge in [-0.2, -0.15) is 4.31 Å². The summed E-state index contributed by atoms with van der Waals surface area (Å²) < 4.78 is 39.8. The molecule has 1 aliphatic heterocycles. The molecule has 26 heavy (non-hydrogen) atoms. The zero-order valence-electron chi connectivity index (χ0n) is 14.3. The van der Waals surface area contributed by atoms with Crippen LogP contribution < -0.4 is 5.32 Å². The fourth-order valence-electron chi connectivity index (χ4n) is 2.99. The number of rotatable bonds is 6. The molecule has 1 heterocycles. The Morgan fingerprint density at radius 3 is 2.54 bits per heavy atom. The average Bonchev–Trinajstić information content (AvgIpc) is 3.17. The SMILES string of the molecule is O=C(NCCc1cccc(F)c1)c1cccc(S(=O)(=O)N2CCCC2)c1. The van der Waals surface area contributed by atoms with Crippen LogP contribution in [0, 0.1) is 5.82 Å². The molecule has 0 aliphatic carbocycles. The van der Waals surface area contributed by atoms with Gasteiger partial charge in [0.2, 0.25) is 10.0 Å². The Balaban J connectivity index is 1.64. The molecular formula is C19H21FN2O3S. The molecule has 1 N–H and O–H groups in total. The predicted molar refractivity (Wildman–Crippen MR) is 96.9 cm³/mol. The summed E-state index contributed by atoms with van der Waals surface area (Å²) in [4.78, 5) is 12.4. The van der Waals surface area contributed by atoms with E-state index in [1.165, 1.54) is 28.6 Å². The Bertz CT molecular complexity index is 893. The van der Waals surface area contributed by atoms with Crippen LogP contribution in [0.1, 0.15) is 28.8 Å². The fraction of sp³-hybridized carbons (Fsp3) is 0.316. The lowest BCUT2D eigenvalue weighted by Gasteiger charge is -2.16. The lowest BCUT2D eigenvalue weighted by atomic mass is 10.1. The van der Waals surface area contributed by atoms with Crippen LogP contribution in [0.15, 0.2) is 53.4 Å². The second-order valence-electron chi connectivity index (χ2n) is 6.27. The molecule has 0 saturated carbocycles. The second-order valence-corrected chi connectivity index (χ2v) is 8.21. The summed E-state index contributed by atoms with van der Waals surface area (Å²) in [5.74, 6) is -0.659. The minimum Gasteiger partial charge on any atom is -0.352 e. The van der Waals surface area contributed by atoms with Crippen molar-refractivity contribution in [3.63, 3.8) is 0 Å². The molecule has 3 rings (SSSR count). The lowest BCUT2D eigenvalue weighted by molar-refractivity contribution is 0.0954. The number of carbonyl (C=O) groups is 1. The van der Waals surface area contributed by atoms with Gasteiger partial charge < -0.3 is 5.32 Å². The van der Waals surface area contributed by atoms with Crippen molar-refractivity contribution in [1.82, 2.24) is 9.62 Å². The normalized spacial score (nSPS) is 15.1. The highest BCUT2D eigenvalue weighted by molar-refractivity contribution is 7.89. The van der Waals surface area contributed by atoms with Crippen LogP contribution in [0.3, 0.4) is 0 Å². The van der Waals surface area contributed by atoms with Crippen molar-refractivity contribution in [2.45, 2.75) is 24.2 Å². The van der Waals surface area contributed by atoms with E-state index in [4.69, 9.17) is 0 Å². The lowest BCUT2D eigenvalue weighted by Crippen LogP contribution is -2.29. The third-order valence-corrected chi connectivity index (χ3v) is 6.28. The van der Waals surface area contributed by atoms with Crippen LogP contribution in [0.2, 0.25) is 0 Å². The van der Waals surface area contributed by atoms with E-state index in [0.717, 1.165) is 18.4 Å². The molecule has 1 amide bonds. The Labute approximate surface area is 152 Å². The molecule has 0 spiro atoms. The van der Waals surface area contributed by atoms with E-state index in [2.05, 4.69) is 5.32 Å². The standard InChI is InChI=1S/C19H21FN2O3S/c20-17-7-3-5-15(13-17)9-10-21-19(23)16-6-4-8-18(14-16)26(24,25)22-11-1-2-12-22/h3-8,13-14H,1-2,9-12H2,(H,21,23). The van der Waals surface area contributed by atoms with Crippen LogP contribution in [0.4, 0.5) is 4.39 Å². The molecule has 0 unspecified atom stereocenters. The first kappa shape index (κ1) is 18.5. The van der Waals surface area contributed by atoms with E-state index < -0.39 is 10.0 Å². The van der Waals surface area contributed by atoms with Crippen LogP contribution in [-0.4, -0.2) is 38.3 Å². The number of halogens is 1. The van der Waals surface area contributed by atoms with E-state index in [9.17, 15) is 17.6 Å². The van der Waals surface area contributed by atoms with Crippen LogP contribution in [0.5, 0.6) is 0 Å². The first-order chi connectivity index (χ1) is 12.5. The maximum absolute atomic E-state index is 13.2. The highest BCUT2D eigenvalue weighted by Gasteiger charge is 2.27. The number of hydrogen-bond donors (Lipinski definition) is 1. The molecule has 0 aromatic heterocycles. The number of nitrogens with one attached hydrogen (secondary N) is 1. The third kappa shape index (κ3) is 4.28. The summed E-state index contributed by atoms with van der Waals surface area (Å²) in [7, 11) is -3.55. The number of hydrogen-bond acceptors (Lipinski definition) is 3. The highest BCUT2D eigenvalue weighted by atomic mass is 32.2. The van der Waals surface area contributed by atoms with Gasteiger partial charge in [0.05, 0.1) is 4.90 Å². The van der Waals surface area contributed by atoms with E-state index in [1.807, 2.05) is 0 Å². The third-order valence-electron chi connectivity index (χ3n) is 4.39. The Hall–Kier alpha value is -2.25. The monoisotopic (exact) mass is 376 g/mol. The number of amides is 1. The second kappa shape index (κ2) is 7.97. The molecule has 0 bridgehead atoms. The molecule has 5 nitrogen and oxygen atoms in total. The van der Waals surface area contributed by atoms with Crippen molar-refractivity contribution >= 4 is 15.9 Å². The van der Waals surface area contributed by atoms with Gasteiger partial charge in [-0.25, -0.2) is 12.8 Å². The molecule has 1 fully saturated rings. The summed E-state index contributed by atoms with van der Waals surface area (Å²) in [6, 6.07) is 12.3. The topological polar surface area (TPSA) is 66.5 Å². The number of sulfonamides is 1. The van der Waals surface area contributed by atoms with Crippen molar-refractivity contribution in [3.8, 4) is 0 Å². The van der Waals surface area contributed by atoms with Crippen molar-refractivity contribution in [2.75, 3.05) is 19.6 Å². The first-order valence-corrected chi connectivity index (χ1v) is 10.0. The van der Waals surface area contributed by atoms with Gasteiger partial charge >= 0.3 is 0 Å². The fourth-order valence-corrected chi connectivity index (χ4v) is 4.55. The quantitative estimate of drug-likeness (QED) is 0.843. The van der Waals surface area contributed by atoms with E-state index in [-0.39, 0.29) is 16.6 Å². The molecule has 138 valence electrons. The van der Waals surface area contributed by atoms with Gasteiger partial charge in [0.25, 0.3) is 5.91 Å². The van der Waals surface area contributed by atoms with Crippen molar-refractivity contribution in [2.24, 2.45) is 0 Å². The van der Waals surface area contributed by atoms with Crippen LogP contribution in [-0.2, 0) is 16.4 Å². The molecular weight excluding hydrogens is 355 g/mol. The molecule has 2 aromatic carbocycles. The van der Waals surface area contributed by atoms with Gasteiger partial charge in [0, 0.05) is 25.2 Å². The molecule has 1 aliphatic rings. The van der Waals surface area contributed by atoms with Crippen molar-refractivity contribution in [1.29, 1.82) is 0 Å². The average molecular weight is 376 g/mol. The van der Waals surface area contributed by atoms with E-state index in [0.29, 0.717) is 31.6 Å². The predicted octanol–water partition coefficient (Wildman–Crippen LogP) is 2.58. The zero-order valence-corrected chi connectivity index (χ0v) is 15.1.